The Kier molecular flexibility index (Phi) is 11.1. The van der Waals surface area contributed by atoms with Gasteiger partial charge in [-0.05, 0) is 35.7 Å². The molecule has 0 aliphatic heterocycles. The maximum atomic E-state index is 13.3. The Morgan fingerprint density at radius 1 is 0.854 bits per heavy atom. The Hall–Kier alpha value is -3.90. The summed E-state index contributed by atoms with van der Waals surface area (Å²) >= 11 is 0. The molecule has 224 valence electrons. The van der Waals surface area contributed by atoms with Crippen molar-refractivity contribution >= 4 is 23.3 Å². The van der Waals surface area contributed by atoms with E-state index in [4.69, 9.17) is 4.74 Å². The molecule has 0 aliphatic carbocycles. The molecular formula is C28H29F6NO6. The van der Waals surface area contributed by atoms with Crippen LogP contribution in [0.1, 0.15) is 55.6 Å². The highest BCUT2D eigenvalue weighted by molar-refractivity contribution is 6.00. The van der Waals surface area contributed by atoms with Crippen LogP contribution in [0.5, 0.6) is 11.5 Å². The summed E-state index contributed by atoms with van der Waals surface area (Å²) in [7, 11) is 1.39. The molecular weight excluding hydrogens is 560 g/mol. The molecule has 2 aromatic carbocycles. The summed E-state index contributed by atoms with van der Waals surface area (Å²) in [6, 6.07) is 8.58. The fourth-order valence-electron chi connectivity index (χ4n) is 3.96. The van der Waals surface area contributed by atoms with Gasteiger partial charge in [-0.2, -0.15) is 13.2 Å². The molecule has 0 unspecified atom stereocenters. The third kappa shape index (κ3) is 9.90. The maximum Gasteiger partial charge on any atom is 0.573 e. The normalized spacial score (nSPS) is 14.1. The van der Waals surface area contributed by atoms with E-state index in [-0.39, 0.29) is 11.1 Å². The number of halogens is 6. The van der Waals surface area contributed by atoms with Crippen molar-refractivity contribution in [1.29, 1.82) is 0 Å². The van der Waals surface area contributed by atoms with Gasteiger partial charge in [-0.15, -0.1) is 13.2 Å². The van der Waals surface area contributed by atoms with Gasteiger partial charge in [0.25, 0.3) is 0 Å². The molecule has 0 radical (unpaired) electrons. The molecule has 0 spiro atoms. The second kappa shape index (κ2) is 13.6. The lowest BCUT2D eigenvalue weighted by Crippen LogP contribution is -2.40. The summed E-state index contributed by atoms with van der Waals surface area (Å²) in [5.74, 6) is -8.29. The zero-order valence-electron chi connectivity index (χ0n) is 22.6. The van der Waals surface area contributed by atoms with E-state index in [1.54, 1.807) is 0 Å². The number of nitrogens with one attached hydrogen (secondary N) is 1. The number of ketones is 3. The van der Waals surface area contributed by atoms with Crippen molar-refractivity contribution in [2.45, 2.75) is 52.2 Å². The first-order chi connectivity index (χ1) is 18.9. The molecule has 0 heterocycles. The van der Waals surface area contributed by atoms with Crippen LogP contribution >= 0.6 is 0 Å². The zero-order chi connectivity index (χ0) is 31.1. The SMILES string of the molecule is COc1ccc([C@H](NC(=O)[C@H](C)CC(=O)c2cccc(OC(F)(F)F)c2)C(=O)C[C@H](C(=O)C(F)(F)F)C(C)C)cc1. The van der Waals surface area contributed by atoms with Crippen LogP contribution in [0, 0.1) is 17.8 Å². The van der Waals surface area contributed by atoms with E-state index in [1.807, 2.05) is 0 Å². The quantitative estimate of drug-likeness (QED) is 0.227. The molecule has 13 heteroatoms. The largest absolute Gasteiger partial charge is 0.573 e. The number of Topliss-reactive ketones (excluding diaryl/α,β-unsaturated/α-hetero) is 3. The van der Waals surface area contributed by atoms with Gasteiger partial charge in [-0.25, -0.2) is 0 Å². The number of hydrogen-bond acceptors (Lipinski definition) is 6. The van der Waals surface area contributed by atoms with Crippen LogP contribution in [-0.2, 0) is 14.4 Å². The molecule has 7 nitrogen and oxygen atoms in total. The van der Waals surface area contributed by atoms with Gasteiger partial charge in [0.15, 0.2) is 11.6 Å². The van der Waals surface area contributed by atoms with Gasteiger partial charge in [0.2, 0.25) is 11.7 Å². The maximum absolute atomic E-state index is 13.3. The van der Waals surface area contributed by atoms with Crippen LogP contribution in [0.4, 0.5) is 26.3 Å². The molecule has 0 fully saturated rings. The van der Waals surface area contributed by atoms with E-state index in [0.717, 1.165) is 12.1 Å². The first-order valence-corrected chi connectivity index (χ1v) is 12.4. The third-order valence-corrected chi connectivity index (χ3v) is 6.23. The number of alkyl halides is 6. The highest BCUT2D eigenvalue weighted by Crippen LogP contribution is 2.31. The van der Waals surface area contributed by atoms with Crippen LogP contribution in [0.3, 0.4) is 0 Å². The topological polar surface area (TPSA) is 98.8 Å². The van der Waals surface area contributed by atoms with E-state index in [2.05, 4.69) is 10.1 Å². The number of carbonyl (C=O) groups is 4. The van der Waals surface area contributed by atoms with Crippen molar-refractivity contribution in [2.75, 3.05) is 7.11 Å². The molecule has 2 rings (SSSR count). The first-order valence-electron chi connectivity index (χ1n) is 12.4. The van der Waals surface area contributed by atoms with Crippen LogP contribution in [0.2, 0.25) is 0 Å². The van der Waals surface area contributed by atoms with Gasteiger partial charge in [0.05, 0.1) is 7.11 Å². The molecule has 3 atom stereocenters. The average Bonchev–Trinajstić information content (AvgIpc) is 2.88. The van der Waals surface area contributed by atoms with Gasteiger partial charge >= 0.3 is 12.5 Å². The van der Waals surface area contributed by atoms with Crippen molar-refractivity contribution in [1.82, 2.24) is 5.32 Å². The summed E-state index contributed by atoms with van der Waals surface area (Å²) in [6.45, 7) is 4.07. The molecule has 0 aromatic heterocycles. The smallest absolute Gasteiger partial charge is 0.497 e. The lowest BCUT2D eigenvalue weighted by Gasteiger charge is -2.25. The van der Waals surface area contributed by atoms with E-state index >= 15 is 0 Å². The number of amides is 1. The molecule has 1 amide bonds. The summed E-state index contributed by atoms with van der Waals surface area (Å²) in [4.78, 5) is 51.0. The van der Waals surface area contributed by atoms with E-state index < -0.39 is 78.2 Å². The lowest BCUT2D eigenvalue weighted by molar-refractivity contribution is -0.274. The highest BCUT2D eigenvalue weighted by Gasteiger charge is 2.45. The fourth-order valence-corrected chi connectivity index (χ4v) is 3.96. The van der Waals surface area contributed by atoms with Crippen molar-refractivity contribution in [2.24, 2.45) is 17.8 Å². The second-order valence-corrected chi connectivity index (χ2v) is 9.70. The molecule has 0 saturated heterocycles. The number of ether oxygens (including phenoxy) is 2. The van der Waals surface area contributed by atoms with Gasteiger partial charge in [0, 0.05) is 30.2 Å². The summed E-state index contributed by atoms with van der Waals surface area (Å²) in [5.41, 5.74) is 0.0428. The highest BCUT2D eigenvalue weighted by atomic mass is 19.4. The second-order valence-electron chi connectivity index (χ2n) is 9.70. The molecule has 0 saturated carbocycles. The molecule has 41 heavy (non-hydrogen) atoms. The van der Waals surface area contributed by atoms with Crippen LogP contribution in [-0.4, -0.2) is 42.9 Å². The Morgan fingerprint density at radius 3 is 1.98 bits per heavy atom. The average molecular weight is 590 g/mol. The van der Waals surface area contributed by atoms with Crippen LogP contribution < -0.4 is 14.8 Å². The van der Waals surface area contributed by atoms with Crippen molar-refractivity contribution < 1.29 is 55.0 Å². The number of hydrogen-bond donors (Lipinski definition) is 1. The fraction of sp³-hybridized carbons (Fsp3) is 0.429. The number of carbonyl (C=O) groups excluding carboxylic acids is 4. The number of methoxy groups -OCH3 is 1. The van der Waals surface area contributed by atoms with Gasteiger partial charge in [0.1, 0.15) is 17.5 Å². The van der Waals surface area contributed by atoms with Gasteiger partial charge < -0.3 is 14.8 Å². The predicted octanol–water partition coefficient (Wildman–Crippen LogP) is 6.02. The summed E-state index contributed by atoms with van der Waals surface area (Å²) < 4.78 is 85.9. The molecule has 0 bridgehead atoms. The van der Waals surface area contributed by atoms with Crippen molar-refractivity contribution in [3.63, 3.8) is 0 Å². The van der Waals surface area contributed by atoms with Crippen molar-refractivity contribution in [3.8, 4) is 11.5 Å². The zero-order valence-corrected chi connectivity index (χ0v) is 22.6. The predicted molar refractivity (Wildman–Crippen MR) is 134 cm³/mol. The Bertz CT molecular complexity index is 1240. The van der Waals surface area contributed by atoms with Crippen LogP contribution in [0.15, 0.2) is 48.5 Å². The molecule has 0 aliphatic rings. The third-order valence-electron chi connectivity index (χ3n) is 6.23. The Morgan fingerprint density at radius 2 is 1.46 bits per heavy atom. The number of benzene rings is 2. The minimum Gasteiger partial charge on any atom is -0.497 e. The van der Waals surface area contributed by atoms with Crippen molar-refractivity contribution in [3.05, 3.63) is 59.7 Å². The van der Waals surface area contributed by atoms with Gasteiger partial charge in [-0.1, -0.05) is 45.0 Å². The standard InChI is InChI=1S/C28H29F6NO6/c1-15(2)21(25(38)27(29,30)31)14-23(37)24(17-8-10-19(40-4)11-9-17)35-26(39)16(3)12-22(36)18-6-5-7-20(13-18)41-28(32,33)34/h5-11,13,15-16,21,24H,12,14H2,1-4H3,(H,35,39)/t16-,21+,24+/m1/s1. The first kappa shape index (κ1) is 33.3. The lowest BCUT2D eigenvalue weighted by atomic mass is 9.84. The minimum absolute atomic E-state index is 0.153. The molecule has 1 N–H and O–H groups in total. The monoisotopic (exact) mass is 589 g/mol. The minimum atomic E-state index is -5.16. The summed E-state index contributed by atoms with van der Waals surface area (Å²) in [5, 5.41) is 2.44. The van der Waals surface area contributed by atoms with E-state index in [9.17, 15) is 45.5 Å². The van der Waals surface area contributed by atoms with Gasteiger partial charge in [-0.3, -0.25) is 19.2 Å². The number of rotatable bonds is 13. The Balaban J connectivity index is 2.26. The summed E-state index contributed by atoms with van der Waals surface area (Å²) in [6.07, 6.45) is -11.4. The van der Waals surface area contributed by atoms with Crippen LogP contribution in [0.25, 0.3) is 0 Å². The molecule has 2 aromatic rings. The Labute approximate surface area is 232 Å². The van der Waals surface area contributed by atoms with E-state index in [0.29, 0.717) is 5.75 Å². The van der Waals surface area contributed by atoms with E-state index in [1.165, 1.54) is 64.3 Å².